The summed E-state index contributed by atoms with van der Waals surface area (Å²) in [7, 11) is 0. The van der Waals surface area contributed by atoms with Crippen molar-refractivity contribution in [1.29, 1.82) is 0 Å². The number of hydrogen-bond donors (Lipinski definition) is 1. The van der Waals surface area contributed by atoms with E-state index in [0.29, 0.717) is 11.9 Å². The van der Waals surface area contributed by atoms with E-state index in [2.05, 4.69) is 15.9 Å². The molecule has 0 aromatic carbocycles. The van der Waals surface area contributed by atoms with Crippen molar-refractivity contribution in [3.8, 4) is 0 Å². The second-order valence-corrected chi connectivity index (χ2v) is 5.27. The van der Waals surface area contributed by atoms with Crippen LogP contribution in [0.25, 0.3) is 0 Å². The molecule has 2 saturated heterocycles. The lowest BCUT2D eigenvalue weighted by atomic mass is 9.98. The first-order chi connectivity index (χ1) is 8.13. The van der Waals surface area contributed by atoms with E-state index in [-0.39, 0.29) is 30.9 Å². The molecule has 96 valence electrons. The summed E-state index contributed by atoms with van der Waals surface area (Å²) in [5.74, 6) is 0.000345. The molecule has 6 heteroatoms. The lowest BCUT2D eigenvalue weighted by molar-refractivity contribution is -0.158. The predicted molar refractivity (Wildman–Crippen MR) is 65.7 cm³/mol. The van der Waals surface area contributed by atoms with Crippen molar-refractivity contribution in [2.24, 2.45) is 0 Å². The minimum Gasteiger partial charge on any atom is -0.390 e. The summed E-state index contributed by atoms with van der Waals surface area (Å²) in [4.78, 5) is 27.2. The van der Waals surface area contributed by atoms with Crippen LogP contribution in [0.5, 0.6) is 0 Å². The minimum absolute atomic E-state index is 0.00991. The van der Waals surface area contributed by atoms with E-state index in [4.69, 9.17) is 0 Å². The Labute approximate surface area is 109 Å². The number of amides is 2. The van der Waals surface area contributed by atoms with Crippen LogP contribution >= 0.6 is 15.9 Å². The van der Waals surface area contributed by atoms with Gasteiger partial charge in [-0.3, -0.25) is 9.59 Å². The van der Waals surface area contributed by atoms with Gasteiger partial charge in [-0.05, 0) is 19.3 Å². The molecule has 1 N–H and O–H groups in total. The molecular weight excluding hydrogens is 288 g/mol. The number of aliphatic hydroxyl groups is 1. The van der Waals surface area contributed by atoms with Gasteiger partial charge in [0.1, 0.15) is 6.04 Å². The van der Waals surface area contributed by atoms with Crippen LogP contribution in [0.1, 0.15) is 19.3 Å². The molecule has 0 saturated carbocycles. The second-order valence-electron chi connectivity index (χ2n) is 4.63. The topological polar surface area (TPSA) is 60.9 Å². The van der Waals surface area contributed by atoms with Crippen molar-refractivity contribution in [3.05, 3.63) is 0 Å². The average Bonchev–Trinajstić information content (AvgIpc) is 2.35. The van der Waals surface area contributed by atoms with Crippen LogP contribution in [-0.4, -0.2) is 63.8 Å². The maximum absolute atomic E-state index is 12.2. The zero-order valence-corrected chi connectivity index (χ0v) is 11.2. The van der Waals surface area contributed by atoms with Crippen molar-refractivity contribution in [2.45, 2.75) is 31.4 Å². The van der Waals surface area contributed by atoms with E-state index in [1.165, 1.54) is 4.90 Å². The van der Waals surface area contributed by atoms with E-state index in [9.17, 15) is 14.7 Å². The third kappa shape index (κ3) is 2.63. The first kappa shape index (κ1) is 12.8. The quantitative estimate of drug-likeness (QED) is 0.745. The maximum Gasteiger partial charge on any atom is 0.245 e. The number of carbonyl (C=O) groups excluding carboxylic acids is 2. The van der Waals surface area contributed by atoms with E-state index in [1.54, 1.807) is 4.90 Å². The molecule has 5 nitrogen and oxygen atoms in total. The molecule has 0 aromatic rings. The summed E-state index contributed by atoms with van der Waals surface area (Å²) in [5, 5.41) is 9.96. The first-order valence-corrected chi connectivity index (χ1v) is 7.08. The second kappa shape index (κ2) is 5.35. The monoisotopic (exact) mass is 304 g/mol. The van der Waals surface area contributed by atoms with Gasteiger partial charge in [-0.15, -0.1) is 0 Å². The SMILES string of the molecule is O=C1C2CCCCN2C(=O)CN1CC(O)CBr. The number of piperazine rings is 1. The van der Waals surface area contributed by atoms with Crippen LogP contribution in [0.2, 0.25) is 0 Å². The molecule has 0 spiro atoms. The maximum atomic E-state index is 12.2. The van der Waals surface area contributed by atoms with Crippen LogP contribution in [0.15, 0.2) is 0 Å². The van der Waals surface area contributed by atoms with Crippen LogP contribution in [-0.2, 0) is 9.59 Å². The van der Waals surface area contributed by atoms with Gasteiger partial charge in [0, 0.05) is 18.4 Å². The molecule has 17 heavy (non-hydrogen) atoms. The van der Waals surface area contributed by atoms with Gasteiger partial charge in [0.2, 0.25) is 11.8 Å². The molecule has 2 aliphatic rings. The number of piperidine rings is 1. The first-order valence-electron chi connectivity index (χ1n) is 5.95. The third-order valence-electron chi connectivity index (χ3n) is 3.36. The standard InChI is InChI=1S/C11H17BrN2O3/c12-5-8(15)6-13-7-10(16)14-4-2-1-3-9(14)11(13)17/h8-9,15H,1-7H2. The number of aliphatic hydroxyl groups excluding tert-OH is 1. The molecule has 2 atom stereocenters. The Morgan fingerprint density at radius 3 is 2.88 bits per heavy atom. The zero-order valence-electron chi connectivity index (χ0n) is 9.64. The fourth-order valence-corrected chi connectivity index (χ4v) is 2.69. The van der Waals surface area contributed by atoms with Gasteiger partial charge < -0.3 is 14.9 Å². The van der Waals surface area contributed by atoms with Crippen LogP contribution < -0.4 is 0 Å². The number of halogens is 1. The number of rotatable bonds is 3. The summed E-state index contributed by atoms with van der Waals surface area (Å²) < 4.78 is 0. The average molecular weight is 305 g/mol. The van der Waals surface area contributed by atoms with E-state index in [0.717, 1.165) is 19.3 Å². The number of β-amino-alcohol motifs (C(OH)–C–C–N with tert-alkyl or cyclic N) is 1. The van der Waals surface area contributed by atoms with Crippen LogP contribution in [0, 0.1) is 0 Å². The van der Waals surface area contributed by atoms with Gasteiger partial charge in [-0.1, -0.05) is 15.9 Å². The van der Waals surface area contributed by atoms with Crippen molar-refractivity contribution in [2.75, 3.05) is 25.0 Å². The van der Waals surface area contributed by atoms with Gasteiger partial charge in [-0.2, -0.15) is 0 Å². The van der Waals surface area contributed by atoms with Gasteiger partial charge >= 0.3 is 0 Å². The summed E-state index contributed by atoms with van der Waals surface area (Å²) in [6, 6.07) is -0.285. The summed E-state index contributed by atoms with van der Waals surface area (Å²) in [5.41, 5.74) is 0. The molecular formula is C11H17BrN2O3. The third-order valence-corrected chi connectivity index (χ3v) is 4.10. The molecule has 0 radical (unpaired) electrons. The van der Waals surface area contributed by atoms with E-state index < -0.39 is 6.10 Å². The van der Waals surface area contributed by atoms with Crippen molar-refractivity contribution >= 4 is 27.7 Å². The Morgan fingerprint density at radius 1 is 1.41 bits per heavy atom. The molecule has 2 rings (SSSR count). The number of fused-ring (bicyclic) bond motifs is 1. The number of alkyl halides is 1. The molecule has 0 aromatic heterocycles. The molecule has 0 bridgehead atoms. The molecule has 2 fully saturated rings. The van der Waals surface area contributed by atoms with E-state index >= 15 is 0 Å². The Hall–Kier alpha value is -0.620. The number of hydrogen-bond acceptors (Lipinski definition) is 3. The Balaban J connectivity index is 2.06. The van der Waals surface area contributed by atoms with Gasteiger partial charge in [0.25, 0.3) is 0 Å². The summed E-state index contributed by atoms with van der Waals surface area (Å²) in [6.07, 6.45) is 2.13. The minimum atomic E-state index is -0.609. The zero-order chi connectivity index (χ0) is 12.4. The van der Waals surface area contributed by atoms with Crippen molar-refractivity contribution in [1.82, 2.24) is 9.80 Å². The fraction of sp³-hybridized carbons (Fsp3) is 0.818. The summed E-state index contributed by atoms with van der Waals surface area (Å²) >= 11 is 3.16. The van der Waals surface area contributed by atoms with E-state index in [1.807, 2.05) is 0 Å². The predicted octanol–water partition coefficient (Wildman–Crippen LogP) is -0.0345. The van der Waals surface area contributed by atoms with Gasteiger partial charge in [0.05, 0.1) is 12.6 Å². The van der Waals surface area contributed by atoms with Gasteiger partial charge in [-0.25, -0.2) is 0 Å². The van der Waals surface area contributed by atoms with Crippen LogP contribution in [0.4, 0.5) is 0 Å². The molecule has 2 aliphatic heterocycles. The van der Waals surface area contributed by atoms with Crippen LogP contribution in [0.3, 0.4) is 0 Å². The smallest absolute Gasteiger partial charge is 0.245 e. The lowest BCUT2D eigenvalue weighted by Gasteiger charge is -2.43. The van der Waals surface area contributed by atoms with Crippen molar-refractivity contribution < 1.29 is 14.7 Å². The Bertz CT molecular complexity index is 324. The Morgan fingerprint density at radius 2 is 2.18 bits per heavy atom. The highest BCUT2D eigenvalue weighted by molar-refractivity contribution is 9.09. The molecule has 2 heterocycles. The highest BCUT2D eigenvalue weighted by Gasteiger charge is 2.40. The normalized spacial score (nSPS) is 27.1. The highest BCUT2D eigenvalue weighted by atomic mass is 79.9. The van der Waals surface area contributed by atoms with Crippen molar-refractivity contribution in [3.63, 3.8) is 0 Å². The molecule has 2 amide bonds. The number of nitrogens with zero attached hydrogens (tertiary/aromatic N) is 2. The molecule has 0 aliphatic carbocycles. The summed E-state index contributed by atoms with van der Waals surface area (Å²) in [6.45, 7) is 1.05. The fourth-order valence-electron chi connectivity index (χ4n) is 2.49. The Kier molecular flexibility index (Phi) is 4.04. The number of carbonyl (C=O) groups is 2. The highest BCUT2D eigenvalue weighted by Crippen LogP contribution is 2.23. The lowest BCUT2D eigenvalue weighted by Crippen LogP contribution is -2.62. The largest absolute Gasteiger partial charge is 0.390 e. The molecule has 2 unspecified atom stereocenters. The van der Waals surface area contributed by atoms with Gasteiger partial charge in [0.15, 0.2) is 0 Å².